The third-order valence-electron chi connectivity index (χ3n) is 3.24. The van der Waals surface area contributed by atoms with E-state index in [1.54, 1.807) is 6.92 Å². The number of carbonyl (C=O) groups excluding carboxylic acids is 1. The van der Waals surface area contributed by atoms with Crippen LogP contribution in [0.2, 0.25) is 5.02 Å². The van der Waals surface area contributed by atoms with Gasteiger partial charge in [0.1, 0.15) is 5.78 Å². The number of rotatable bonds is 6. The third-order valence-corrected chi connectivity index (χ3v) is 3.49. The van der Waals surface area contributed by atoms with Crippen LogP contribution >= 0.6 is 11.6 Å². The van der Waals surface area contributed by atoms with Crippen LogP contribution in [0, 0.1) is 5.92 Å². The minimum absolute atomic E-state index is 0.0500. The summed E-state index contributed by atoms with van der Waals surface area (Å²) in [7, 11) is 0. The summed E-state index contributed by atoms with van der Waals surface area (Å²) in [5, 5.41) is 4.10. The van der Waals surface area contributed by atoms with Crippen LogP contribution in [0.25, 0.3) is 0 Å². The average Bonchev–Trinajstić information content (AvgIpc) is 3.09. The summed E-state index contributed by atoms with van der Waals surface area (Å²) in [5.74, 6) is 0.995. The molecule has 1 aliphatic rings. The van der Waals surface area contributed by atoms with Crippen LogP contribution in [0.5, 0.6) is 0 Å². The van der Waals surface area contributed by atoms with Gasteiger partial charge >= 0.3 is 0 Å². The van der Waals surface area contributed by atoms with Crippen LogP contribution < -0.4 is 5.32 Å². The van der Waals surface area contributed by atoms with Gasteiger partial charge in [-0.15, -0.1) is 0 Å². The Kier molecular flexibility index (Phi) is 4.19. The molecule has 1 atom stereocenters. The molecule has 0 bridgehead atoms. The van der Waals surface area contributed by atoms with E-state index in [0.717, 1.165) is 24.6 Å². The van der Waals surface area contributed by atoms with Gasteiger partial charge in [0.2, 0.25) is 0 Å². The maximum absolute atomic E-state index is 11.6. The van der Waals surface area contributed by atoms with Gasteiger partial charge < -0.3 is 5.32 Å². The van der Waals surface area contributed by atoms with Crippen molar-refractivity contribution in [3.8, 4) is 0 Å². The van der Waals surface area contributed by atoms with E-state index in [1.807, 2.05) is 24.3 Å². The van der Waals surface area contributed by atoms with Gasteiger partial charge in [0, 0.05) is 11.6 Å². The molecule has 92 valence electrons. The number of hydrogen-bond acceptors (Lipinski definition) is 2. The Bertz CT molecular complexity index is 384. The fourth-order valence-electron chi connectivity index (χ4n) is 1.95. The van der Waals surface area contributed by atoms with E-state index < -0.39 is 0 Å². The Morgan fingerprint density at radius 3 is 2.59 bits per heavy atom. The average molecular weight is 252 g/mol. The maximum atomic E-state index is 11.6. The van der Waals surface area contributed by atoms with Crippen LogP contribution in [0.4, 0.5) is 0 Å². The summed E-state index contributed by atoms with van der Waals surface area (Å²) >= 11 is 5.85. The van der Waals surface area contributed by atoms with Crippen LogP contribution in [0.15, 0.2) is 24.3 Å². The summed E-state index contributed by atoms with van der Waals surface area (Å²) in [4.78, 5) is 11.6. The molecular formula is C14H18ClNO. The zero-order valence-corrected chi connectivity index (χ0v) is 10.8. The van der Waals surface area contributed by atoms with E-state index in [1.165, 1.54) is 12.8 Å². The molecule has 0 saturated heterocycles. The molecule has 3 heteroatoms. The van der Waals surface area contributed by atoms with Gasteiger partial charge in [-0.1, -0.05) is 23.7 Å². The number of benzene rings is 1. The highest BCUT2D eigenvalue weighted by Crippen LogP contribution is 2.28. The van der Waals surface area contributed by atoms with Crippen molar-refractivity contribution in [3.05, 3.63) is 34.9 Å². The minimum atomic E-state index is -0.0500. The second kappa shape index (κ2) is 5.65. The molecule has 0 aliphatic heterocycles. The number of Topliss-reactive ketones (excluding diaryl/α,β-unsaturated/α-hetero) is 1. The molecule has 0 spiro atoms. The quantitative estimate of drug-likeness (QED) is 0.842. The van der Waals surface area contributed by atoms with Crippen molar-refractivity contribution in [1.82, 2.24) is 5.32 Å². The lowest BCUT2D eigenvalue weighted by molar-refractivity contribution is -0.118. The Morgan fingerprint density at radius 2 is 2.06 bits per heavy atom. The highest BCUT2D eigenvalue weighted by molar-refractivity contribution is 6.30. The van der Waals surface area contributed by atoms with Crippen LogP contribution in [-0.4, -0.2) is 18.9 Å². The molecule has 1 saturated carbocycles. The highest BCUT2D eigenvalue weighted by atomic mass is 35.5. The Morgan fingerprint density at radius 1 is 1.41 bits per heavy atom. The lowest BCUT2D eigenvalue weighted by Crippen LogP contribution is -2.27. The van der Waals surface area contributed by atoms with Crippen molar-refractivity contribution >= 4 is 17.4 Å². The van der Waals surface area contributed by atoms with Crippen molar-refractivity contribution in [2.75, 3.05) is 13.1 Å². The van der Waals surface area contributed by atoms with E-state index in [9.17, 15) is 4.79 Å². The Hall–Kier alpha value is -0.860. The molecule has 0 heterocycles. The van der Waals surface area contributed by atoms with Crippen LogP contribution in [-0.2, 0) is 4.79 Å². The number of carbonyl (C=O) groups is 1. The summed E-state index contributed by atoms with van der Waals surface area (Å²) in [6.07, 6.45) is 2.66. The molecular weight excluding hydrogens is 234 g/mol. The molecule has 0 unspecified atom stereocenters. The molecule has 0 aromatic heterocycles. The number of halogens is 1. The molecule has 1 aromatic carbocycles. The summed E-state index contributed by atoms with van der Waals surface area (Å²) in [6, 6.07) is 7.56. The van der Waals surface area contributed by atoms with Crippen LogP contribution in [0.1, 0.15) is 31.2 Å². The maximum Gasteiger partial charge on any atom is 0.138 e. The number of ketones is 1. The Labute approximate surface area is 107 Å². The normalized spacial score (nSPS) is 16.8. The van der Waals surface area contributed by atoms with Gasteiger partial charge in [0.15, 0.2) is 0 Å². The molecule has 17 heavy (non-hydrogen) atoms. The predicted octanol–water partition coefficient (Wildman–Crippen LogP) is 3.01. The molecule has 2 nitrogen and oxygen atoms in total. The van der Waals surface area contributed by atoms with E-state index in [2.05, 4.69) is 5.32 Å². The van der Waals surface area contributed by atoms with Crippen molar-refractivity contribution in [3.63, 3.8) is 0 Å². The van der Waals surface area contributed by atoms with Gasteiger partial charge in [0.25, 0.3) is 0 Å². The lowest BCUT2D eigenvalue weighted by Gasteiger charge is -2.15. The van der Waals surface area contributed by atoms with Gasteiger partial charge in [-0.2, -0.15) is 0 Å². The topological polar surface area (TPSA) is 29.1 Å². The van der Waals surface area contributed by atoms with Gasteiger partial charge in [-0.05, 0) is 49.9 Å². The summed E-state index contributed by atoms with van der Waals surface area (Å²) in [6.45, 7) is 3.42. The monoisotopic (exact) mass is 251 g/mol. The standard InChI is InChI=1S/C14H18ClNO/c1-10(17)14(9-16-8-11-2-3-11)12-4-6-13(15)7-5-12/h4-7,11,14,16H,2-3,8-9H2,1H3/t14-/m0/s1. The molecule has 1 N–H and O–H groups in total. The van der Waals surface area contributed by atoms with Crippen molar-refractivity contribution < 1.29 is 4.79 Å². The van der Waals surface area contributed by atoms with Gasteiger partial charge in [-0.25, -0.2) is 0 Å². The van der Waals surface area contributed by atoms with Crippen molar-refractivity contribution in [1.29, 1.82) is 0 Å². The fourth-order valence-corrected chi connectivity index (χ4v) is 2.07. The summed E-state index contributed by atoms with van der Waals surface area (Å²) < 4.78 is 0. The largest absolute Gasteiger partial charge is 0.315 e. The molecule has 1 aliphatic carbocycles. The highest BCUT2D eigenvalue weighted by Gasteiger charge is 2.22. The number of hydrogen-bond donors (Lipinski definition) is 1. The Balaban J connectivity index is 1.95. The van der Waals surface area contributed by atoms with Gasteiger partial charge in [0.05, 0.1) is 5.92 Å². The van der Waals surface area contributed by atoms with E-state index in [0.29, 0.717) is 5.02 Å². The van der Waals surface area contributed by atoms with E-state index in [-0.39, 0.29) is 11.7 Å². The van der Waals surface area contributed by atoms with Crippen LogP contribution in [0.3, 0.4) is 0 Å². The zero-order valence-electron chi connectivity index (χ0n) is 10.1. The molecule has 0 amide bonds. The lowest BCUT2D eigenvalue weighted by atomic mass is 9.95. The van der Waals surface area contributed by atoms with Crippen molar-refractivity contribution in [2.24, 2.45) is 5.92 Å². The zero-order chi connectivity index (χ0) is 12.3. The van der Waals surface area contributed by atoms with E-state index >= 15 is 0 Å². The number of nitrogens with one attached hydrogen (secondary N) is 1. The SMILES string of the molecule is CC(=O)[C@H](CNCC1CC1)c1ccc(Cl)cc1. The third kappa shape index (κ3) is 3.83. The molecule has 1 aromatic rings. The first kappa shape index (κ1) is 12.6. The molecule has 0 radical (unpaired) electrons. The predicted molar refractivity (Wildman–Crippen MR) is 70.5 cm³/mol. The molecule has 1 fully saturated rings. The first-order valence-corrected chi connectivity index (χ1v) is 6.51. The summed E-state index contributed by atoms with van der Waals surface area (Å²) in [5.41, 5.74) is 1.05. The van der Waals surface area contributed by atoms with Crippen molar-refractivity contribution in [2.45, 2.75) is 25.7 Å². The second-order valence-electron chi connectivity index (χ2n) is 4.82. The first-order chi connectivity index (χ1) is 8.16. The fraction of sp³-hybridized carbons (Fsp3) is 0.500. The smallest absolute Gasteiger partial charge is 0.138 e. The minimum Gasteiger partial charge on any atom is -0.315 e. The molecule has 2 rings (SSSR count). The van der Waals surface area contributed by atoms with Gasteiger partial charge in [-0.3, -0.25) is 4.79 Å². The first-order valence-electron chi connectivity index (χ1n) is 6.13. The van der Waals surface area contributed by atoms with E-state index in [4.69, 9.17) is 11.6 Å². The second-order valence-corrected chi connectivity index (χ2v) is 5.25.